The molecule has 0 aromatic rings. The predicted octanol–water partition coefficient (Wildman–Crippen LogP) is -0.745. The summed E-state index contributed by atoms with van der Waals surface area (Å²) in [6, 6.07) is 0. The van der Waals surface area contributed by atoms with Gasteiger partial charge in [0.15, 0.2) is 0 Å². The molecule has 18 heavy (non-hydrogen) atoms. The fourth-order valence-corrected chi connectivity index (χ4v) is 3.68. The van der Waals surface area contributed by atoms with Gasteiger partial charge in [-0.2, -0.15) is 0 Å². The maximum absolute atomic E-state index is 12.1. The first-order valence-electron chi connectivity index (χ1n) is 6.27. The van der Waals surface area contributed by atoms with E-state index in [4.69, 9.17) is 4.74 Å². The second-order valence-electron chi connectivity index (χ2n) is 4.88. The van der Waals surface area contributed by atoms with Crippen LogP contribution in [0.25, 0.3) is 0 Å². The van der Waals surface area contributed by atoms with E-state index in [0.29, 0.717) is 0 Å². The zero-order chi connectivity index (χ0) is 13.6. The summed E-state index contributed by atoms with van der Waals surface area (Å²) >= 11 is 0. The Hall–Kier alpha value is -0.210. The van der Waals surface area contributed by atoms with Crippen molar-refractivity contribution in [2.24, 2.45) is 5.92 Å². The van der Waals surface area contributed by atoms with Crippen LogP contribution in [0, 0.1) is 5.92 Å². The summed E-state index contributed by atoms with van der Waals surface area (Å²) in [5, 5.41) is 12.8. The van der Waals surface area contributed by atoms with Crippen LogP contribution in [0.2, 0.25) is 0 Å². The van der Waals surface area contributed by atoms with Crippen LogP contribution in [-0.2, 0) is 14.8 Å². The number of rotatable bonds is 7. The fraction of sp³-hybridized carbons (Fsp3) is 1.00. The normalized spacial score (nSPS) is 23.2. The van der Waals surface area contributed by atoms with Crippen molar-refractivity contribution in [3.05, 3.63) is 0 Å². The van der Waals surface area contributed by atoms with Crippen molar-refractivity contribution in [2.45, 2.75) is 18.9 Å². The van der Waals surface area contributed by atoms with E-state index < -0.39 is 16.1 Å². The highest BCUT2D eigenvalue weighted by Crippen LogP contribution is 2.14. The summed E-state index contributed by atoms with van der Waals surface area (Å²) in [4.78, 5) is 0. The molecule has 2 atom stereocenters. The lowest BCUT2D eigenvalue weighted by Crippen LogP contribution is -2.41. The van der Waals surface area contributed by atoms with Crippen LogP contribution in [0.1, 0.15) is 12.8 Å². The van der Waals surface area contributed by atoms with Gasteiger partial charge in [0.25, 0.3) is 0 Å². The lowest BCUT2D eigenvalue weighted by atomic mass is 10.0. The van der Waals surface area contributed by atoms with Gasteiger partial charge in [0.05, 0.1) is 18.5 Å². The lowest BCUT2D eigenvalue weighted by molar-refractivity contribution is 0.0553. The Labute approximate surface area is 109 Å². The summed E-state index contributed by atoms with van der Waals surface area (Å²) in [7, 11) is -0.313. The van der Waals surface area contributed by atoms with Gasteiger partial charge in [-0.3, -0.25) is 0 Å². The Morgan fingerprint density at radius 1 is 1.56 bits per heavy atom. The first kappa shape index (κ1) is 15.8. The molecule has 0 aromatic heterocycles. The van der Waals surface area contributed by atoms with Crippen molar-refractivity contribution in [1.82, 2.24) is 9.62 Å². The van der Waals surface area contributed by atoms with Gasteiger partial charge in [0.2, 0.25) is 10.0 Å². The number of aliphatic hydroxyl groups is 1. The zero-order valence-corrected chi connectivity index (χ0v) is 11.9. The molecule has 0 bridgehead atoms. The highest BCUT2D eigenvalue weighted by Gasteiger charge is 2.26. The van der Waals surface area contributed by atoms with Crippen molar-refractivity contribution < 1.29 is 18.3 Å². The van der Waals surface area contributed by atoms with E-state index >= 15 is 0 Å². The molecule has 0 saturated carbocycles. The van der Waals surface area contributed by atoms with E-state index in [9.17, 15) is 13.5 Å². The highest BCUT2D eigenvalue weighted by molar-refractivity contribution is 7.89. The summed E-state index contributed by atoms with van der Waals surface area (Å²) in [5.41, 5.74) is 0. The average molecular weight is 280 g/mol. The largest absolute Gasteiger partial charge is 0.389 e. The molecule has 2 unspecified atom stereocenters. The first-order chi connectivity index (χ1) is 8.45. The molecule has 1 rings (SSSR count). The Morgan fingerprint density at radius 3 is 2.83 bits per heavy atom. The van der Waals surface area contributed by atoms with Gasteiger partial charge >= 0.3 is 0 Å². The van der Waals surface area contributed by atoms with Crippen molar-refractivity contribution in [2.75, 3.05) is 46.2 Å². The molecule has 1 fully saturated rings. The standard InChI is InChI=1S/C11H24N2O4S/c1-13(7-11(14)8-17-2)18(15,16)9-10-4-3-5-12-6-10/h10-12,14H,3-9H2,1-2H3. The summed E-state index contributed by atoms with van der Waals surface area (Å²) in [5.74, 6) is 0.321. The average Bonchev–Trinajstić information content (AvgIpc) is 2.29. The number of hydrogen-bond donors (Lipinski definition) is 2. The van der Waals surface area contributed by atoms with Crippen LogP contribution in [0.5, 0.6) is 0 Å². The molecule has 0 radical (unpaired) electrons. The SMILES string of the molecule is COCC(O)CN(C)S(=O)(=O)CC1CCCNC1. The van der Waals surface area contributed by atoms with E-state index in [1.54, 1.807) is 0 Å². The molecule has 0 spiro atoms. The maximum atomic E-state index is 12.1. The van der Waals surface area contributed by atoms with Gasteiger partial charge in [-0.05, 0) is 31.8 Å². The van der Waals surface area contributed by atoms with Crippen LogP contribution in [0.3, 0.4) is 0 Å². The molecule has 1 aliphatic heterocycles. The molecule has 1 aliphatic rings. The minimum atomic E-state index is -3.30. The van der Waals surface area contributed by atoms with Gasteiger partial charge < -0.3 is 15.2 Å². The van der Waals surface area contributed by atoms with Crippen molar-refractivity contribution in [1.29, 1.82) is 0 Å². The van der Waals surface area contributed by atoms with Gasteiger partial charge in [-0.1, -0.05) is 0 Å². The molecule has 6 nitrogen and oxygen atoms in total. The number of methoxy groups -OCH3 is 1. The Balaban J connectivity index is 2.45. The van der Waals surface area contributed by atoms with Gasteiger partial charge in [-0.25, -0.2) is 12.7 Å². The monoisotopic (exact) mass is 280 g/mol. The Kier molecular flexibility index (Phi) is 6.51. The molecular weight excluding hydrogens is 256 g/mol. The van der Waals surface area contributed by atoms with E-state index in [1.807, 2.05) is 0 Å². The third kappa shape index (κ3) is 5.19. The van der Waals surface area contributed by atoms with Crippen LogP contribution in [0.15, 0.2) is 0 Å². The molecule has 1 saturated heterocycles. The van der Waals surface area contributed by atoms with E-state index in [0.717, 1.165) is 25.9 Å². The fourth-order valence-electron chi connectivity index (χ4n) is 2.15. The number of nitrogens with one attached hydrogen (secondary N) is 1. The molecule has 7 heteroatoms. The third-order valence-corrected chi connectivity index (χ3v) is 5.14. The van der Waals surface area contributed by atoms with E-state index in [2.05, 4.69) is 5.32 Å². The second kappa shape index (κ2) is 7.40. The lowest BCUT2D eigenvalue weighted by Gasteiger charge is -2.26. The van der Waals surface area contributed by atoms with Crippen molar-refractivity contribution in [3.63, 3.8) is 0 Å². The smallest absolute Gasteiger partial charge is 0.214 e. The summed E-state index contributed by atoms with van der Waals surface area (Å²) in [6.45, 7) is 1.95. The predicted molar refractivity (Wildman–Crippen MR) is 69.9 cm³/mol. The Morgan fingerprint density at radius 2 is 2.28 bits per heavy atom. The van der Waals surface area contributed by atoms with Crippen molar-refractivity contribution in [3.8, 4) is 0 Å². The minimum Gasteiger partial charge on any atom is -0.389 e. The molecular formula is C11H24N2O4S. The quantitative estimate of drug-likeness (QED) is 0.642. The number of nitrogens with zero attached hydrogens (tertiary/aromatic N) is 1. The van der Waals surface area contributed by atoms with Crippen LogP contribution < -0.4 is 5.32 Å². The topological polar surface area (TPSA) is 78.9 Å². The first-order valence-corrected chi connectivity index (χ1v) is 7.88. The number of aliphatic hydroxyl groups excluding tert-OH is 1. The maximum Gasteiger partial charge on any atom is 0.214 e. The zero-order valence-electron chi connectivity index (χ0n) is 11.1. The van der Waals surface area contributed by atoms with E-state index in [-0.39, 0.29) is 24.8 Å². The molecule has 2 N–H and O–H groups in total. The minimum absolute atomic E-state index is 0.0797. The molecule has 1 heterocycles. The highest BCUT2D eigenvalue weighted by atomic mass is 32.2. The van der Waals surface area contributed by atoms with Crippen LogP contribution in [-0.4, -0.2) is 70.1 Å². The summed E-state index contributed by atoms with van der Waals surface area (Å²) in [6.07, 6.45) is 1.19. The number of likely N-dealkylation sites (N-methyl/N-ethyl adjacent to an activating group) is 1. The van der Waals surface area contributed by atoms with Gasteiger partial charge in [-0.15, -0.1) is 0 Å². The molecule has 108 valence electrons. The molecule has 0 aromatic carbocycles. The van der Waals surface area contributed by atoms with E-state index in [1.165, 1.54) is 18.5 Å². The Bertz CT molecular complexity index is 328. The van der Waals surface area contributed by atoms with Crippen LogP contribution in [0.4, 0.5) is 0 Å². The number of sulfonamides is 1. The summed E-state index contributed by atoms with van der Waals surface area (Å²) < 4.78 is 30.2. The molecule has 0 amide bonds. The number of ether oxygens (including phenoxy) is 1. The molecule has 0 aliphatic carbocycles. The van der Waals surface area contributed by atoms with Crippen molar-refractivity contribution >= 4 is 10.0 Å². The number of piperidine rings is 1. The third-order valence-electron chi connectivity index (χ3n) is 3.15. The number of hydrogen-bond acceptors (Lipinski definition) is 5. The second-order valence-corrected chi connectivity index (χ2v) is 7.00. The van der Waals surface area contributed by atoms with Gasteiger partial charge in [0.1, 0.15) is 0 Å². The van der Waals surface area contributed by atoms with Crippen LogP contribution >= 0.6 is 0 Å². The van der Waals surface area contributed by atoms with Gasteiger partial charge in [0, 0.05) is 20.7 Å².